The molecule has 0 fully saturated rings. The topological polar surface area (TPSA) is 81.9 Å². The SMILES string of the molecule is COc1ccc(-n2nnnc2SC(C)C(=O)Nc2c(C)cccc2C)cc1. The first kappa shape index (κ1) is 18.9. The molecule has 0 aliphatic carbocycles. The largest absolute Gasteiger partial charge is 0.497 e. The van der Waals surface area contributed by atoms with Crippen molar-refractivity contribution < 1.29 is 9.53 Å². The van der Waals surface area contributed by atoms with Gasteiger partial charge in [-0.15, -0.1) is 5.10 Å². The van der Waals surface area contributed by atoms with Crippen LogP contribution >= 0.6 is 11.8 Å². The summed E-state index contributed by atoms with van der Waals surface area (Å²) in [5, 5.41) is 15.0. The molecule has 0 saturated carbocycles. The highest BCUT2D eigenvalue weighted by Crippen LogP contribution is 2.26. The smallest absolute Gasteiger partial charge is 0.237 e. The van der Waals surface area contributed by atoms with Crippen molar-refractivity contribution in [1.29, 1.82) is 0 Å². The van der Waals surface area contributed by atoms with E-state index in [0.717, 1.165) is 28.3 Å². The lowest BCUT2D eigenvalue weighted by atomic mass is 10.1. The number of methoxy groups -OCH3 is 1. The predicted octanol–water partition coefficient (Wildman–Crippen LogP) is 3.41. The van der Waals surface area contributed by atoms with Gasteiger partial charge in [0.2, 0.25) is 11.1 Å². The number of rotatable bonds is 6. The third-order valence-corrected chi connectivity index (χ3v) is 5.17. The molecule has 1 unspecified atom stereocenters. The van der Waals surface area contributed by atoms with E-state index in [1.807, 2.05) is 63.2 Å². The Balaban J connectivity index is 1.73. The predicted molar refractivity (Wildman–Crippen MR) is 106 cm³/mol. The van der Waals surface area contributed by atoms with E-state index >= 15 is 0 Å². The van der Waals surface area contributed by atoms with Crippen molar-refractivity contribution >= 4 is 23.4 Å². The average molecular weight is 383 g/mol. The zero-order chi connectivity index (χ0) is 19.4. The fourth-order valence-electron chi connectivity index (χ4n) is 2.59. The lowest BCUT2D eigenvalue weighted by Gasteiger charge is -2.15. The number of ether oxygens (including phenoxy) is 1. The molecule has 1 atom stereocenters. The van der Waals surface area contributed by atoms with Crippen LogP contribution in [-0.4, -0.2) is 38.5 Å². The van der Waals surface area contributed by atoms with E-state index in [1.165, 1.54) is 11.8 Å². The fourth-order valence-corrected chi connectivity index (χ4v) is 3.39. The van der Waals surface area contributed by atoms with Gasteiger partial charge in [-0.1, -0.05) is 30.0 Å². The van der Waals surface area contributed by atoms with Crippen LogP contribution in [0.4, 0.5) is 5.69 Å². The minimum atomic E-state index is -0.369. The first-order valence-corrected chi connectivity index (χ1v) is 9.34. The summed E-state index contributed by atoms with van der Waals surface area (Å²) in [6.45, 7) is 5.79. The van der Waals surface area contributed by atoms with Crippen LogP contribution in [0.2, 0.25) is 0 Å². The third kappa shape index (κ3) is 4.28. The number of tetrazole rings is 1. The molecule has 0 radical (unpaired) electrons. The molecule has 140 valence electrons. The summed E-state index contributed by atoms with van der Waals surface area (Å²) < 4.78 is 6.77. The number of benzene rings is 2. The van der Waals surface area contributed by atoms with Gasteiger partial charge in [0.1, 0.15) is 5.75 Å². The highest BCUT2D eigenvalue weighted by atomic mass is 32.2. The van der Waals surface area contributed by atoms with Crippen LogP contribution in [0.1, 0.15) is 18.1 Å². The van der Waals surface area contributed by atoms with E-state index < -0.39 is 0 Å². The van der Waals surface area contributed by atoms with E-state index in [2.05, 4.69) is 20.8 Å². The van der Waals surface area contributed by atoms with Gasteiger partial charge in [0.25, 0.3) is 0 Å². The first-order chi connectivity index (χ1) is 13.0. The van der Waals surface area contributed by atoms with Gasteiger partial charge in [-0.2, -0.15) is 4.68 Å². The molecule has 3 rings (SSSR count). The Morgan fingerprint density at radius 3 is 2.44 bits per heavy atom. The maximum absolute atomic E-state index is 12.6. The number of hydrogen-bond acceptors (Lipinski definition) is 6. The van der Waals surface area contributed by atoms with Crippen LogP contribution in [-0.2, 0) is 4.79 Å². The van der Waals surface area contributed by atoms with E-state index in [-0.39, 0.29) is 11.2 Å². The van der Waals surface area contributed by atoms with Gasteiger partial charge >= 0.3 is 0 Å². The van der Waals surface area contributed by atoms with E-state index in [4.69, 9.17) is 4.74 Å². The van der Waals surface area contributed by atoms with E-state index in [0.29, 0.717) is 5.16 Å². The van der Waals surface area contributed by atoms with Gasteiger partial charge in [-0.3, -0.25) is 4.79 Å². The zero-order valence-electron chi connectivity index (χ0n) is 15.6. The number of thioether (sulfide) groups is 1. The molecule has 0 saturated heterocycles. The maximum Gasteiger partial charge on any atom is 0.237 e. The van der Waals surface area contributed by atoms with Gasteiger partial charge in [0.05, 0.1) is 18.0 Å². The lowest BCUT2D eigenvalue weighted by molar-refractivity contribution is -0.115. The molecular formula is C19H21N5O2S. The van der Waals surface area contributed by atoms with Crippen LogP contribution in [0.15, 0.2) is 47.6 Å². The van der Waals surface area contributed by atoms with Crippen molar-refractivity contribution in [2.24, 2.45) is 0 Å². The second-order valence-electron chi connectivity index (χ2n) is 6.09. The number of amides is 1. The van der Waals surface area contributed by atoms with Crippen molar-refractivity contribution in [1.82, 2.24) is 20.2 Å². The Kier molecular flexibility index (Phi) is 5.75. The van der Waals surface area contributed by atoms with Gasteiger partial charge < -0.3 is 10.1 Å². The third-order valence-electron chi connectivity index (χ3n) is 4.14. The van der Waals surface area contributed by atoms with Gasteiger partial charge in [0, 0.05) is 5.69 Å². The minimum absolute atomic E-state index is 0.0957. The van der Waals surface area contributed by atoms with Gasteiger partial charge in [-0.05, 0) is 66.6 Å². The van der Waals surface area contributed by atoms with Crippen molar-refractivity contribution in [3.8, 4) is 11.4 Å². The molecular weight excluding hydrogens is 362 g/mol. The zero-order valence-corrected chi connectivity index (χ0v) is 16.4. The molecule has 1 heterocycles. The molecule has 7 nitrogen and oxygen atoms in total. The quantitative estimate of drug-likeness (QED) is 0.657. The van der Waals surface area contributed by atoms with Crippen molar-refractivity contribution in [3.63, 3.8) is 0 Å². The summed E-state index contributed by atoms with van der Waals surface area (Å²) in [7, 11) is 1.61. The first-order valence-electron chi connectivity index (χ1n) is 8.46. The normalized spacial score (nSPS) is 11.9. The molecule has 0 spiro atoms. The number of aromatic nitrogens is 4. The monoisotopic (exact) mass is 383 g/mol. The standard InChI is InChI=1S/C19H21N5O2S/c1-12-6-5-7-13(2)17(12)20-18(25)14(3)27-19-21-22-23-24(19)15-8-10-16(26-4)11-9-15/h5-11,14H,1-4H3,(H,20,25). The number of aryl methyl sites for hydroxylation is 2. The van der Waals surface area contributed by atoms with Crippen LogP contribution < -0.4 is 10.1 Å². The second-order valence-corrected chi connectivity index (χ2v) is 7.40. The fraction of sp³-hybridized carbons (Fsp3) is 0.263. The molecule has 1 amide bonds. The van der Waals surface area contributed by atoms with Crippen LogP contribution in [0.3, 0.4) is 0 Å². The van der Waals surface area contributed by atoms with Gasteiger partial charge in [0.15, 0.2) is 0 Å². The minimum Gasteiger partial charge on any atom is -0.497 e. The summed E-state index contributed by atoms with van der Waals surface area (Å²) in [5.41, 5.74) is 3.71. The molecule has 1 aromatic heterocycles. The van der Waals surface area contributed by atoms with Crippen LogP contribution in [0.5, 0.6) is 5.75 Å². The second kappa shape index (κ2) is 8.22. The number of hydrogen-bond donors (Lipinski definition) is 1. The molecule has 27 heavy (non-hydrogen) atoms. The highest BCUT2D eigenvalue weighted by molar-refractivity contribution is 8.00. The van der Waals surface area contributed by atoms with E-state index in [1.54, 1.807) is 11.8 Å². The van der Waals surface area contributed by atoms with Crippen molar-refractivity contribution in [2.75, 3.05) is 12.4 Å². The number of para-hydroxylation sites is 1. The number of carbonyl (C=O) groups excluding carboxylic acids is 1. The molecule has 0 bridgehead atoms. The Bertz CT molecular complexity index is 919. The number of anilines is 1. The Hall–Kier alpha value is -2.87. The highest BCUT2D eigenvalue weighted by Gasteiger charge is 2.20. The summed E-state index contributed by atoms with van der Waals surface area (Å²) in [5.74, 6) is 0.657. The molecule has 0 aliphatic heterocycles. The molecule has 1 N–H and O–H groups in total. The van der Waals surface area contributed by atoms with Crippen molar-refractivity contribution in [2.45, 2.75) is 31.2 Å². The Morgan fingerprint density at radius 2 is 1.81 bits per heavy atom. The number of nitrogens with zero attached hydrogens (tertiary/aromatic N) is 4. The summed E-state index contributed by atoms with van der Waals surface area (Å²) in [4.78, 5) is 12.6. The Morgan fingerprint density at radius 1 is 1.15 bits per heavy atom. The number of nitrogens with one attached hydrogen (secondary N) is 1. The van der Waals surface area contributed by atoms with E-state index in [9.17, 15) is 4.79 Å². The molecule has 8 heteroatoms. The van der Waals surface area contributed by atoms with Crippen LogP contribution in [0.25, 0.3) is 5.69 Å². The molecule has 0 aliphatic rings. The summed E-state index contributed by atoms with van der Waals surface area (Å²) >= 11 is 1.30. The molecule has 3 aromatic rings. The molecule has 2 aromatic carbocycles. The number of carbonyl (C=O) groups is 1. The maximum atomic E-state index is 12.6. The Labute approximate surface area is 162 Å². The average Bonchev–Trinajstić information content (AvgIpc) is 3.12. The lowest BCUT2D eigenvalue weighted by Crippen LogP contribution is -2.23. The van der Waals surface area contributed by atoms with Gasteiger partial charge in [-0.25, -0.2) is 0 Å². The summed E-state index contributed by atoms with van der Waals surface area (Å²) in [6, 6.07) is 13.3. The summed E-state index contributed by atoms with van der Waals surface area (Å²) in [6.07, 6.45) is 0. The van der Waals surface area contributed by atoms with Crippen molar-refractivity contribution in [3.05, 3.63) is 53.6 Å². The van der Waals surface area contributed by atoms with Crippen LogP contribution in [0, 0.1) is 13.8 Å².